The molecular formula is C55H36N4O. The van der Waals surface area contributed by atoms with Gasteiger partial charge in [0.1, 0.15) is 17.3 Å². The summed E-state index contributed by atoms with van der Waals surface area (Å²) in [6.07, 6.45) is 4.90. The number of hydrogen-bond acceptors (Lipinski definition) is 2. The minimum absolute atomic E-state index is 0.0543. The van der Waals surface area contributed by atoms with Gasteiger partial charge in [-0.15, -0.1) is 0 Å². The molecule has 0 radical (unpaired) electrons. The first kappa shape index (κ1) is 21.7. The molecule has 1 aliphatic heterocycles. The Labute approximate surface area is 369 Å². The summed E-state index contributed by atoms with van der Waals surface area (Å²) >= 11 is 0. The van der Waals surface area contributed by atoms with Crippen LogP contribution in [0.1, 0.15) is 27.5 Å². The lowest BCUT2D eigenvalue weighted by Crippen LogP contribution is -2.32. The van der Waals surface area contributed by atoms with E-state index in [4.69, 9.17) is 18.4 Å². The number of hydrogen-bond donors (Lipinski definition) is 0. The molecule has 0 bridgehead atoms. The summed E-state index contributed by atoms with van der Waals surface area (Å²) < 4.78 is 154. The van der Waals surface area contributed by atoms with Crippen molar-refractivity contribution in [2.75, 3.05) is 0 Å². The number of para-hydroxylation sites is 3. The summed E-state index contributed by atoms with van der Waals surface area (Å²) in [6.45, 7) is -2.37. The molecule has 0 unspecified atom stereocenters. The van der Waals surface area contributed by atoms with Crippen molar-refractivity contribution < 1.29 is 31.2 Å². The molecule has 0 spiro atoms. The van der Waals surface area contributed by atoms with E-state index in [1.165, 1.54) is 24.4 Å². The van der Waals surface area contributed by atoms with Crippen molar-refractivity contribution in [1.82, 2.24) is 14.1 Å². The highest BCUT2D eigenvalue weighted by molar-refractivity contribution is 6.09. The van der Waals surface area contributed by atoms with Crippen LogP contribution < -0.4 is 9.30 Å². The molecule has 1 aliphatic rings. The van der Waals surface area contributed by atoms with E-state index in [9.17, 15) is 8.22 Å². The lowest BCUT2D eigenvalue weighted by molar-refractivity contribution is -0.570. The summed E-state index contributed by atoms with van der Waals surface area (Å²) in [5.41, 5.74) is 2.26. The number of ether oxygens (including phenoxy) is 1. The van der Waals surface area contributed by atoms with E-state index < -0.39 is 85.4 Å². The molecule has 3 aromatic heterocycles. The van der Waals surface area contributed by atoms with E-state index in [1.54, 1.807) is 63.7 Å². The minimum atomic E-state index is -2.37. The van der Waals surface area contributed by atoms with Gasteiger partial charge in [0.05, 0.1) is 51.3 Å². The van der Waals surface area contributed by atoms with Crippen LogP contribution in [-0.2, 0) is 0 Å². The number of aryl methyl sites for hydroxylation is 1. The normalized spacial score (nSPS) is 15.7. The molecule has 0 fully saturated rings. The zero-order chi connectivity index (χ0) is 53.5. The molecule has 0 amide bonds. The Morgan fingerprint density at radius 1 is 0.567 bits per heavy atom. The standard InChI is InChI=1S/C55H36N4O/c1-36-30-31-56-53(32-36)59-50-26-10-9-22-46(50)47-29-28-40(34-52(47)59)60-39-17-11-16-38(33-39)57-35-58-54-41(37-14-3-2-4-15-37)23-12-24-48(54)44-20-7-5-18-42(44)43-19-6-8-21-45(43)49-25-13-27-51(57)55(49)58/h2-34H,1H3/i1D3,2D,3D,4D,5D,6D,7D,8D,14D,15D,18D,19D,20D,21D. The molecule has 0 saturated carbocycles. The number of nitrogens with zero attached hydrogens (tertiary/aromatic N) is 4. The second-order valence-corrected chi connectivity index (χ2v) is 14.2. The highest BCUT2D eigenvalue weighted by Gasteiger charge is 2.26. The monoisotopic (exact) mass is 784 g/mol. The Morgan fingerprint density at radius 3 is 2.07 bits per heavy atom. The van der Waals surface area contributed by atoms with Crippen LogP contribution in [0, 0.1) is 13.2 Å². The van der Waals surface area contributed by atoms with Gasteiger partial charge in [-0.2, -0.15) is 0 Å². The molecule has 0 atom stereocenters. The highest BCUT2D eigenvalue weighted by atomic mass is 16.5. The molecule has 4 heterocycles. The molecular weight excluding hydrogens is 733 g/mol. The van der Waals surface area contributed by atoms with Crippen LogP contribution in [0.15, 0.2) is 200 Å². The molecule has 282 valence electrons. The van der Waals surface area contributed by atoms with Crippen LogP contribution in [-0.4, -0.2) is 14.1 Å². The number of fused-ring (bicyclic) bond motifs is 10. The summed E-state index contributed by atoms with van der Waals surface area (Å²) in [4.78, 5) is 4.58. The van der Waals surface area contributed by atoms with Crippen molar-refractivity contribution in [1.29, 1.82) is 0 Å². The van der Waals surface area contributed by atoms with Gasteiger partial charge in [-0.1, -0.05) is 139 Å². The Kier molecular flexibility index (Phi) is 4.89. The Hall–Kier alpha value is -8.02. The number of benzene rings is 8. The summed E-state index contributed by atoms with van der Waals surface area (Å²) in [5, 5.41) is 1.78. The second-order valence-electron chi connectivity index (χ2n) is 14.2. The average Bonchev–Trinajstić information content (AvgIpc) is 4.13. The summed E-state index contributed by atoms with van der Waals surface area (Å²) in [5.74, 6) is 1.19. The van der Waals surface area contributed by atoms with Crippen LogP contribution in [0.25, 0.3) is 94.5 Å². The van der Waals surface area contributed by atoms with Gasteiger partial charge in [0.15, 0.2) is 0 Å². The first-order valence-corrected chi connectivity index (χ1v) is 19.0. The second kappa shape index (κ2) is 13.5. The van der Waals surface area contributed by atoms with Gasteiger partial charge in [0.2, 0.25) is 0 Å². The van der Waals surface area contributed by atoms with Crippen LogP contribution >= 0.6 is 0 Å². The molecule has 0 saturated heterocycles. The Bertz CT molecular complexity index is 4340. The van der Waals surface area contributed by atoms with Crippen molar-refractivity contribution in [3.63, 3.8) is 0 Å². The van der Waals surface area contributed by atoms with E-state index in [2.05, 4.69) is 11.3 Å². The van der Waals surface area contributed by atoms with Gasteiger partial charge in [-0.3, -0.25) is 13.7 Å². The van der Waals surface area contributed by atoms with Gasteiger partial charge >= 0.3 is 0 Å². The third-order valence-corrected chi connectivity index (χ3v) is 10.8. The highest BCUT2D eigenvalue weighted by Crippen LogP contribution is 2.45. The van der Waals surface area contributed by atoms with E-state index in [0.29, 0.717) is 34.0 Å². The molecule has 12 rings (SSSR count). The van der Waals surface area contributed by atoms with E-state index in [-0.39, 0.29) is 61.3 Å². The van der Waals surface area contributed by atoms with Crippen molar-refractivity contribution in [3.8, 4) is 73.2 Å². The fraction of sp³-hybridized carbons (Fsp3) is 0.0182. The number of rotatable bonds is 5. The summed E-state index contributed by atoms with van der Waals surface area (Å²) in [6, 6.07) is 25.3. The first-order chi connectivity index (χ1) is 36.3. The average molecular weight is 785 g/mol. The zero-order valence-corrected chi connectivity index (χ0v) is 31.2. The third kappa shape index (κ3) is 5.33. The van der Waals surface area contributed by atoms with Crippen molar-refractivity contribution in [2.24, 2.45) is 0 Å². The molecule has 8 aromatic carbocycles. The largest absolute Gasteiger partial charge is 0.458 e. The molecule has 5 heteroatoms. The third-order valence-electron chi connectivity index (χ3n) is 10.8. The van der Waals surface area contributed by atoms with E-state index in [0.717, 1.165) is 16.3 Å². The number of imidazole rings is 1. The first-order valence-electron chi connectivity index (χ1n) is 27.0. The molecule has 0 aliphatic carbocycles. The molecule has 11 aromatic rings. The van der Waals surface area contributed by atoms with Gasteiger partial charge in [-0.05, 0) is 105 Å². The van der Waals surface area contributed by atoms with Crippen LogP contribution in [0.4, 0.5) is 0 Å². The maximum atomic E-state index is 9.52. The minimum Gasteiger partial charge on any atom is -0.458 e. The van der Waals surface area contributed by atoms with E-state index >= 15 is 0 Å². The van der Waals surface area contributed by atoms with Crippen LogP contribution in [0.3, 0.4) is 0 Å². The van der Waals surface area contributed by atoms with Gasteiger partial charge in [-0.25, -0.2) is 4.98 Å². The van der Waals surface area contributed by atoms with Gasteiger partial charge < -0.3 is 4.74 Å². The zero-order valence-electron chi connectivity index (χ0n) is 47.2. The molecule has 0 N–H and O–H groups in total. The Morgan fingerprint density at radius 2 is 1.23 bits per heavy atom. The van der Waals surface area contributed by atoms with Gasteiger partial charge in [0.25, 0.3) is 6.33 Å². The SMILES string of the molecule is [2H]c1c([2H])c([2H])c(-c2cccc3c2-[n+]2[c-]n(-c4cccc(Oc5ccc6c7ccccc7n(-c7cc(C([2H])([2H])[2H])ccn7)c6c5)c4)c4cccc(c42)-c2c([2H])c([2H])c([2H])c([2H])c2-c2c([2H])c([2H])c([2H])c([2H])c2-3)c([2H])c1[2H]. The van der Waals surface area contributed by atoms with Crippen molar-refractivity contribution in [3.05, 3.63) is 212 Å². The molecule has 5 nitrogen and oxygen atoms in total. The lowest BCUT2D eigenvalue weighted by atomic mass is 9.88. The van der Waals surface area contributed by atoms with Crippen molar-refractivity contribution in [2.45, 2.75) is 6.85 Å². The molecule has 60 heavy (non-hydrogen) atoms. The predicted octanol–water partition coefficient (Wildman–Crippen LogP) is 13.3. The summed E-state index contributed by atoms with van der Waals surface area (Å²) in [7, 11) is 0. The maximum Gasteiger partial charge on any atom is 0.269 e. The van der Waals surface area contributed by atoms with Crippen molar-refractivity contribution >= 4 is 32.8 Å². The fourth-order valence-corrected chi connectivity index (χ4v) is 8.31. The van der Waals surface area contributed by atoms with Crippen LogP contribution in [0.5, 0.6) is 11.5 Å². The number of pyridine rings is 1. The maximum absolute atomic E-state index is 9.52. The Balaban J connectivity index is 1.13. The number of aromatic nitrogens is 4. The lowest BCUT2D eigenvalue weighted by Gasteiger charge is -2.18. The van der Waals surface area contributed by atoms with Crippen LogP contribution in [0.2, 0.25) is 0 Å². The van der Waals surface area contributed by atoms with Gasteiger partial charge in [0, 0.05) is 27.1 Å². The smallest absolute Gasteiger partial charge is 0.269 e. The van der Waals surface area contributed by atoms with E-state index in [1.807, 2.05) is 47.0 Å². The predicted molar refractivity (Wildman–Crippen MR) is 242 cm³/mol. The fourth-order valence-electron chi connectivity index (χ4n) is 8.31. The quantitative estimate of drug-likeness (QED) is 0.129. The topological polar surface area (TPSA) is 35.9 Å².